The van der Waals surface area contributed by atoms with Crippen molar-refractivity contribution in [1.29, 1.82) is 0 Å². The summed E-state index contributed by atoms with van der Waals surface area (Å²) in [7, 11) is 1.81. The minimum atomic E-state index is -0.201. The van der Waals surface area contributed by atoms with Gasteiger partial charge in [-0.3, -0.25) is 9.59 Å². The lowest BCUT2D eigenvalue weighted by Gasteiger charge is -2.30. The zero-order valence-corrected chi connectivity index (χ0v) is 14.9. The van der Waals surface area contributed by atoms with Gasteiger partial charge in [0.25, 0.3) is 0 Å². The van der Waals surface area contributed by atoms with Gasteiger partial charge in [-0.1, -0.05) is 41.5 Å². The molecule has 124 valence electrons. The van der Waals surface area contributed by atoms with Gasteiger partial charge in [0, 0.05) is 18.9 Å². The molecule has 0 radical (unpaired) electrons. The SMILES string of the molecule is CNC(CC(C)(C)CC(C)C)C(=O)NCCC(=O)C(C)C. The lowest BCUT2D eigenvalue weighted by Crippen LogP contribution is -2.45. The molecule has 0 saturated carbocycles. The molecule has 0 aromatic carbocycles. The van der Waals surface area contributed by atoms with Gasteiger partial charge in [0.05, 0.1) is 6.04 Å². The Morgan fingerprint density at radius 2 is 1.62 bits per heavy atom. The standard InChI is InChI=1S/C17H34N2O2/c1-12(2)10-17(5,6)11-14(18-7)16(21)19-9-8-15(20)13(3)4/h12-14,18H,8-11H2,1-7H3,(H,19,21). The molecule has 0 aliphatic carbocycles. The number of ketones is 1. The molecule has 0 aromatic rings. The zero-order chi connectivity index (χ0) is 16.6. The second kappa shape index (κ2) is 9.19. The van der Waals surface area contributed by atoms with E-state index in [1.165, 1.54) is 0 Å². The average Bonchev–Trinajstić information content (AvgIpc) is 2.33. The van der Waals surface area contributed by atoms with E-state index < -0.39 is 0 Å². The van der Waals surface area contributed by atoms with Crippen molar-refractivity contribution in [3.63, 3.8) is 0 Å². The Hall–Kier alpha value is -0.900. The third kappa shape index (κ3) is 8.86. The maximum Gasteiger partial charge on any atom is 0.237 e. The molecule has 0 aliphatic heterocycles. The van der Waals surface area contributed by atoms with Crippen LogP contribution in [-0.2, 0) is 9.59 Å². The van der Waals surface area contributed by atoms with Gasteiger partial charge in [-0.05, 0) is 31.2 Å². The van der Waals surface area contributed by atoms with Crippen LogP contribution in [0.25, 0.3) is 0 Å². The summed E-state index contributed by atoms with van der Waals surface area (Å²) in [6.45, 7) is 13.0. The lowest BCUT2D eigenvalue weighted by atomic mass is 9.78. The summed E-state index contributed by atoms with van der Waals surface area (Å²) < 4.78 is 0. The first-order valence-electron chi connectivity index (χ1n) is 8.06. The van der Waals surface area contributed by atoms with Crippen molar-refractivity contribution in [2.75, 3.05) is 13.6 Å². The molecule has 1 atom stereocenters. The summed E-state index contributed by atoms with van der Waals surface area (Å²) in [5.41, 5.74) is 0.118. The summed E-state index contributed by atoms with van der Waals surface area (Å²) in [5, 5.41) is 5.97. The van der Waals surface area contributed by atoms with Crippen molar-refractivity contribution in [2.24, 2.45) is 17.3 Å². The van der Waals surface area contributed by atoms with Crippen LogP contribution >= 0.6 is 0 Å². The van der Waals surface area contributed by atoms with Gasteiger partial charge in [0.2, 0.25) is 5.91 Å². The first kappa shape index (κ1) is 20.1. The highest BCUT2D eigenvalue weighted by Crippen LogP contribution is 2.30. The number of hydrogen-bond donors (Lipinski definition) is 2. The summed E-state index contributed by atoms with van der Waals surface area (Å²) in [6.07, 6.45) is 2.30. The molecule has 0 bridgehead atoms. The molecule has 0 rings (SSSR count). The van der Waals surface area contributed by atoms with E-state index in [0.29, 0.717) is 18.9 Å². The quantitative estimate of drug-likeness (QED) is 0.652. The molecule has 0 aliphatic rings. The van der Waals surface area contributed by atoms with Gasteiger partial charge in [-0.2, -0.15) is 0 Å². The molecular weight excluding hydrogens is 264 g/mol. The zero-order valence-electron chi connectivity index (χ0n) is 14.9. The Morgan fingerprint density at radius 3 is 2.05 bits per heavy atom. The van der Waals surface area contributed by atoms with Crippen LogP contribution in [0.15, 0.2) is 0 Å². The van der Waals surface area contributed by atoms with E-state index in [1.54, 1.807) is 0 Å². The van der Waals surface area contributed by atoms with Crippen molar-refractivity contribution in [2.45, 2.75) is 66.8 Å². The number of rotatable bonds is 10. The van der Waals surface area contributed by atoms with Gasteiger partial charge < -0.3 is 10.6 Å². The molecule has 4 heteroatoms. The summed E-state index contributed by atoms with van der Waals surface area (Å²) in [5.74, 6) is 0.832. The van der Waals surface area contributed by atoms with E-state index in [0.717, 1.165) is 12.8 Å². The van der Waals surface area contributed by atoms with E-state index in [9.17, 15) is 9.59 Å². The highest BCUT2D eigenvalue weighted by Gasteiger charge is 2.27. The predicted octanol–water partition coefficient (Wildman–Crippen LogP) is 2.77. The van der Waals surface area contributed by atoms with Crippen LogP contribution in [0.2, 0.25) is 0 Å². The van der Waals surface area contributed by atoms with Gasteiger partial charge in [0.15, 0.2) is 0 Å². The van der Waals surface area contributed by atoms with E-state index in [2.05, 4.69) is 38.3 Å². The molecule has 0 heterocycles. The van der Waals surface area contributed by atoms with Gasteiger partial charge in [0.1, 0.15) is 5.78 Å². The van der Waals surface area contributed by atoms with Crippen LogP contribution in [-0.4, -0.2) is 31.3 Å². The number of Topliss-reactive ketones (excluding diaryl/α,β-unsaturated/α-hetero) is 1. The van der Waals surface area contributed by atoms with Crippen molar-refractivity contribution in [3.05, 3.63) is 0 Å². The first-order chi connectivity index (χ1) is 9.59. The predicted molar refractivity (Wildman–Crippen MR) is 88.2 cm³/mol. The maximum absolute atomic E-state index is 12.2. The van der Waals surface area contributed by atoms with Gasteiger partial charge in [-0.15, -0.1) is 0 Å². The molecule has 0 spiro atoms. The normalized spacial score (nSPS) is 13.6. The Balaban J connectivity index is 4.33. The maximum atomic E-state index is 12.2. The van der Waals surface area contributed by atoms with Crippen LogP contribution in [0.5, 0.6) is 0 Å². The second-order valence-electron chi connectivity index (χ2n) is 7.47. The molecule has 1 amide bonds. The van der Waals surface area contributed by atoms with E-state index in [1.807, 2.05) is 20.9 Å². The topological polar surface area (TPSA) is 58.2 Å². The largest absolute Gasteiger partial charge is 0.354 e. The van der Waals surface area contributed by atoms with Crippen LogP contribution in [0.4, 0.5) is 0 Å². The van der Waals surface area contributed by atoms with Crippen molar-refractivity contribution >= 4 is 11.7 Å². The Morgan fingerprint density at radius 1 is 1.05 bits per heavy atom. The molecular formula is C17H34N2O2. The summed E-state index contributed by atoms with van der Waals surface area (Å²) in [6, 6.07) is -0.201. The monoisotopic (exact) mass is 298 g/mol. The number of carbonyl (C=O) groups is 2. The fraction of sp³-hybridized carbons (Fsp3) is 0.882. The highest BCUT2D eigenvalue weighted by molar-refractivity contribution is 5.83. The minimum Gasteiger partial charge on any atom is -0.354 e. The Bertz CT molecular complexity index is 336. The van der Waals surface area contributed by atoms with Gasteiger partial charge >= 0.3 is 0 Å². The fourth-order valence-electron chi connectivity index (χ4n) is 2.79. The summed E-state index contributed by atoms with van der Waals surface area (Å²) in [4.78, 5) is 23.8. The molecule has 4 nitrogen and oxygen atoms in total. The fourth-order valence-corrected chi connectivity index (χ4v) is 2.79. The number of hydrogen-bond acceptors (Lipinski definition) is 3. The van der Waals surface area contributed by atoms with Crippen molar-refractivity contribution in [3.8, 4) is 0 Å². The molecule has 2 N–H and O–H groups in total. The Labute approximate surface area is 130 Å². The van der Waals surface area contributed by atoms with Crippen LogP contribution in [0, 0.1) is 17.3 Å². The summed E-state index contributed by atoms with van der Waals surface area (Å²) >= 11 is 0. The minimum absolute atomic E-state index is 0.00844. The first-order valence-corrected chi connectivity index (χ1v) is 8.06. The van der Waals surface area contributed by atoms with Crippen LogP contribution in [0.3, 0.4) is 0 Å². The van der Waals surface area contributed by atoms with Crippen LogP contribution < -0.4 is 10.6 Å². The smallest absolute Gasteiger partial charge is 0.237 e. The number of amides is 1. The molecule has 0 saturated heterocycles. The highest BCUT2D eigenvalue weighted by atomic mass is 16.2. The number of carbonyl (C=O) groups excluding carboxylic acids is 2. The second-order valence-corrected chi connectivity index (χ2v) is 7.47. The molecule has 0 aromatic heterocycles. The van der Waals surface area contributed by atoms with E-state index >= 15 is 0 Å². The van der Waals surface area contributed by atoms with Crippen molar-refractivity contribution < 1.29 is 9.59 Å². The number of likely N-dealkylation sites (N-methyl/N-ethyl adjacent to an activating group) is 1. The Kier molecular flexibility index (Phi) is 8.79. The van der Waals surface area contributed by atoms with Crippen LogP contribution in [0.1, 0.15) is 60.8 Å². The molecule has 1 unspecified atom stereocenters. The third-order valence-corrected chi connectivity index (χ3v) is 3.70. The van der Waals surface area contributed by atoms with Gasteiger partial charge in [-0.25, -0.2) is 0 Å². The molecule has 21 heavy (non-hydrogen) atoms. The van der Waals surface area contributed by atoms with Crippen molar-refractivity contribution in [1.82, 2.24) is 10.6 Å². The van der Waals surface area contributed by atoms with E-state index in [4.69, 9.17) is 0 Å². The number of nitrogens with one attached hydrogen (secondary N) is 2. The molecule has 0 fully saturated rings. The van der Waals surface area contributed by atoms with E-state index in [-0.39, 0.29) is 29.1 Å². The third-order valence-electron chi connectivity index (χ3n) is 3.70. The average molecular weight is 298 g/mol. The lowest BCUT2D eigenvalue weighted by molar-refractivity contribution is -0.124.